The topological polar surface area (TPSA) is 40.3 Å². The predicted octanol–water partition coefficient (Wildman–Crippen LogP) is 2.05. The first kappa shape index (κ1) is 12.2. The summed E-state index contributed by atoms with van der Waals surface area (Å²) in [7, 11) is 0. The molecule has 19 heavy (non-hydrogen) atoms. The first-order valence-electron chi connectivity index (χ1n) is 6.57. The molecule has 0 aromatic carbocycles. The molecule has 0 amide bonds. The average Bonchev–Trinajstić information content (AvgIpc) is 2.79. The van der Waals surface area contributed by atoms with Crippen LogP contribution in [-0.2, 0) is 0 Å². The van der Waals surface area contributed by atoms with E-state index in [1.807, 2.05) is 24.6 Å². The molecule has 96 valence electrons. The molecule has 0 atom stereocenters. The number of H-pyrrole nitrogens is 2. The molecule has 0 spiro atoms. The highest BCUT2D eigenvalue weighted by Crippen LogP contribution is 2.21. The Balaban J connectivity index is 1.67. The Kier molecular flexibility index (Phi) is 3.47. The van der Waals surface area contributed by atoms with Crippen molar-refractivity contribution >= 4 is 17.2 Å². The number of hydrogen-bond donors (Lipinski definition) is 1. The normalized spacial score (nSPS) is 14.4. The van der Waals surface area contributed by atoms with Gasteiger partial charge in [-0.05, 0) is 25.3 Å². The number of hydrogen-bond acceptors (Lipinski definition) is 2. The van der Waals surface area contributed by atoms with Gasteiger partial charge in [-0.25, -0.2) is 4.98 Å². The molecule has 0 aliphatic heterocycles. The second kappa shape index (κ2) is 5.41. The van der Waals surface area contributed by atoms with E-state index in [0.29, 0.717) is 6.04 Å². The minimum absolute atomic E-state index is 0.650. The van der Waals surface area contributed by atoms with Crippen LogP contribution in [0.2, 0.25) is 0 Å². The molecule has 1 fully saturated rings. The summed E-state index contributed by atoms with van der Waals surface area (Å²) in [5.41, 5.74) is 1.97. The Morgan fingerprint density at radius 1 is 1.32 bits per heavy atom. The van der Waals surface area contributed by atoms with Crippen LogP contribution in [0.1, 0.15) is 35.5 Å². The summed E-state index contributed by atoms with van der Waals surface area (Å²) in [6.07, 6.45) is 5.86. The molecule has 3 N–H and O–H groups in total. The van der Waals surface area contributed by atoms with Crippen LogP contribution in [0.3, 0.4) is 0 Å². The first-order chi connectivity index (χ1) is 9.29. The van der Waals surface area contributed by atoms with E-state index in [9.17, 15) is 0 Å². The Hall–Kier alpha value is -1.86. The molecule has 2 aromatic rings. The van der Waals surface area contributed by atoms with Crippen LogP contribution in [0.15, 0.2) is 23.7 Å². The van der Waals surface area contributed by atoms with Crippen LogP contribution in [0, 0.1) is 18.8 Å². The summed E-state index contributed by atoms with van der Waals surface area (Å²) < 4.78 is 0. The van der Waals surface area contributed by atoms with E-state index in [4.69, 9.17) is 0 Å². The van der Waals surface area contributed by atoms with Gasteiger partial charge in [0.1, 0.15) is 6.20 Å². The van der Waals surface area contributed by atoms with E-state index < -0.39 is 0 Å². The van der Waals surface area contributed by atoms with Crippen LogP contribution in [0.4, 0.5) is 5.82 Å². The second-order valence-corrected chi connectivity index (χ2v) is 5.93. The maximum atomic E-state index is 3.47. The molecule has 2 aromatic heterocycles. The zero-order valence-electron chi connectivity index (χ0n) is 10.9. The molecule has 0 radical (unpaired) electrons. The highest BCUT2D eigenvalue weighted by atomic mass is 32.1. The van der Waals surface area contributed by atoms with E-state index in [1.165, 1.54) is 24.3 Å². The van der Waals surface area contributed by atoms with Crippen molar-refractivity contribution in [3.05, 3.63) is 40.0 Å². The van der Waals surface area contributed by atoms with Crippen molar-refractivity contribution in [2.24, 2.45) is 0 Å². The van der Waals surface area contributed by atoms with Crippen LogP contribution < -0.4 is 15.3 Å². The van der Waals surface area contributed by atoms with E-state index in [0.717, 1.165) is 17.1 Å². The van der Waals surface area contributed by atoms with Crippen molar-refractivity contribution in [1.82, 2.24) is 0 Å². The van der Waals surface area contributed by atoms with E-state index in [1.54, 1.807) is 11.3 Å². The molecule has 0 saturated heterocycles. The van der Waals surface area contributed by atoms with Gasteiger partial charge in [0.15, 0.2) is 0 Å². The maximum Gasteiger partial charge on any atom is 0.272 e. The number of rotatable bonds is 2. The Morgan fingerprint density at radius 3 is 2.79 bits per heavy atom. The average molecular weight is 271 g/mol. The van der Waals surface area contributed by atoms with Gasteiger partial charge in [-0.2, -0.15) is 4.98 Å². The first-order valence-corrected chi connectivity index (χ1v) is 7.45. The fraction of sp³-hybridized carbons (Fsp3) is 0.333. The number of thiazole rings is 1. The van der Waals surface area contributed by atoms with Gasteiger partial charge in [0.05, 0.1) is 17.0 Å². The molecule has 4 heteroatoms. The monoisotopic (exact) mass is 271 g/mol. The summed E-state index contributed by atoms with van der Waals surface area (Å²) in [6.45, 7) is 2.05. The van der Waals surface area contributed by atoms with Crippen LogP contribution >= 0.6 is 11.3 Å². The van der Waals surface area contributed by atoms with Gasteiger partial charge >= 0.3 is 0 Å². The highest BCUT2D eigenvalue weighted by Gasteiger charge is 2.21. The lowest BCUT2D eigenvalue weighted by molar-refractivity contribution is -0.383. The number of aromatic nitrogens is 2. The molecule has 0 unspecified atom stereocenters. The Bertz CT molecular complexity index is 615. The van der Waals surface area contributed by atoms with Crippen LogP contribution in [0.5, 0.6) is 0 Å². The minimum atomic E-state index is 0.650. The van der Waals surface area contributed by atoms with Gasteiger partial charge in [0.2, 0.25) is 5.01 Å². The fourth-order valence-electron chi connectivity index (χ4n) is 1.96. The van der Waals surface area contributed by atoms with Crippen molar-refractivity contribution in [3.63, 3.8) is 0 Å². The quantitative estimate of drug-likeness (QED) is 0.834. The zero-order valence-corrected chi connectivity index (χ0v) is 11.7. The third kappa shape index (κ3) is 3.12. The Morgan fingerprint density at radius 2 is 2.21 bits per heavy atom. The fourth-order valence-corrected chi connectivity index (χ4v) is 2.54. The van der Waals surface area contributed by atoms with Crippen LogP contribution in [-0.4, -0.2) is 6.04 Å². The van der Waals surface area contributed by atoms with Crippen molar-refractivity contribution in [2.45, 2.75) is 32.2 Å². The molecular weight excluding hydrogens is 254 g/mol. The lowest BCUT2D eigenvalue weighted by atomic mass is 9.93. The number of nitrogens with one attached hydrogen (secondary N) is 3. The molecule has 1 aliphatic rings. The summed E-state index contributed by atoms with van der Waals surface area (Å²) in [4.78, 5) is 6.48. The lowest BCUT2D eigenvalue weighted by Crippen LogP contribution is -2.30. The molecule has 1 saturated carbocycles. The molecule has 3 nitrogen and oxygen atoms in total. The maximum absolute atomic E-state index is 3.47. The summed E-state index contributed by atoms with van der Waals surface area (Å²) >= 11 is 1.68. The third-order valence-corrected chi connectivity index (χ3v) is 4.09. The number of anilines is 1. The Labute approximate surface area is 117 Å². The largest absolute Gasteiger partial charge is 0.272 e. The van der Waals surface area contributed by atoms with Crippen molar-refractivity contribution in [2.75, 3.05) is 5.32 Å². The third-order valence-electron chi connectivity index (χ3n) is 3.28. The highest BCUT2D eigenvalue weighted by molar-refractivity contribution is 7.09. The van der Waals surface area contributed by atoms with Gasteiger partial charge < -0.3 is 0 Å². The molecule has 2 heterocycles. The molecule has 3 rings (SSSR count). The van der Waals surface area contributed by atoms with Crippen molar-refractivity contribution in [3.8, 4) is 11.8 Å². The summed E-state index contributed by atoms with van der Waals surface area (Å²) in [6, 6.07) is 4.76. The van der Waals surface area contributed by atoms with E-state index in [-0.39, 0.29) is 0 Å². The predicted molar refractivity (Wildman–Crippen MR) is 75.9 cm³/mol. The molecule has 1 aliphatic carbocycles. The van der Waals surface area contributed by atoms with Crippen LogP contribution in [0.25, 0.3) is 0 Å². The molecular formula is C15H17N3S+2. The number of pyridine rings is 1. The smallest absolute Gasteiger partial charge is 0.272 e. The zero-order chi connectivity index (χ0) is 13.1. The number of aromatic amines is 2. The van der Waals surface area contributed by atoms with Crippen molar-refractivity contribution < 1.29 is 9.97 Å². The van der Waals surface area contributed by atoms with E-state index in [2.05, 4.69) is 33.2 Å². The number of aryl methyl sites for hydroxylation is 1. The van der Waals surface area contributed by atoms with E-state index >= 15 is 0 Å². The molecule has 0 bridgehead atoms. The van der Waals surface area contributed by atoms with Gasteiger partial charge in [0.25, 0.3) is 11.5 Å². The summed E-state index contributed by atoms with van der Waals surface area (Å²) in [5.74, 6) is 7.35. The SMILES string of the molecule is Cc1[nH+]c(C#Cc2ccc(NC3CCC3)[nH+]c2)cs1. The van der Waals surface area contributed by atoms with Gasteiger partial charge in [-0.15, -0.1) is 0 Å². The van der Waals surface area contributed by atoms with Gasteiger partial charge in [-0.3, -0.25) is 5.32 Å². The lowest BCUT2D eigenvalue weighted by Gasteiger charge is -2.21. The summed E-state index contributed by atoms with van der Waals surface area (Å²) in [5, 5.41) is 6.69. The van der Waals surface area contributed by atoms with Gasteiger partial charge in [0, 0.05) is 18.9 Å². The van der Waals surface area contributed by atoms with Gasteiger partial charge in [-0.1, -0.05) is 17.3 Å². The van der Waals surface area contributed by atoms with Crippen molar-refractivity contribution in [1.29, 1.82) is 0 Å². The minimum Gasteiger partial charge on any atom is -0.272 e. The standard InChI is InChI=1S/C15H15N3S/c1-11-17-14(10-19-11)7-5-12-6-8-15(16-9-12)18-13-3-2-4-13/h6,8-10,13H,2-4H2,1H3,(H,16,18)/p+2. The second-order valence-electron chi connectivity index (χ2n) is 4.84.